The van der Waals surface area contributed by atoms with Crippen LogP contribution in [0.5, 0.6) is 0 Å². The largest absolute Gasteiger partial charge is 0.464 e. The van der Waals surface area contributed by atoms with Crippen LogP contribution in [0.2, 0.25) is 0 Å². The Kier molecular flexibility index (Phi) is 8.00. The standard InChI is InChI=1S/C30H28N4O5S2/c1-4-8-25-32-26-19(2)17-24(29(35)39-3)31-27(26)34(25)18-20-11-13-21(14-12-20)23-15-16-40-28(23)33-41(37,38)30(36)22-9-6-5-7-10-22/h5-7,9-17,33H,4,8,18H2,1-3H3. The minimum Gasteiger partial charge on any atom is -0.464 e. The highest BCUT2D eigenvalue weighted by atomic mass is 32.2. The number of nitrogens with zero attached hydrogens (tertiary/aromatic N) is 3. The number of fused-ring (bicyclic) bond motifs is 1. The molecule has 0 radical (unpaired) electrons. The van der Waals surface area contributed by atoms with Crippen LogP contribution in [-0.4, -0.2) is 41.1 Å². The lowest BCUT2D eigenvalue weighted by atomic mass is 10.1. The average molecular weight is 589 g/mol. The highest BCUT2D eigenvalue weighted by Gasteiger charge is 2.25. The quantitative estimate of drug-likeness (QED) is 0.215. The molecule has 0 bridgehead atoms. The number of ether oxygens (including phenoxy) is 1. The van der Waals surface area contributed by atoms with Gasteiger partial charge in [-0.05, 0) is 47.5 Å². The van der Waals surface area contributed by atoms with Gasteiger partial charge in [0.05, 0.1) is 13.7 Å². The van der Waals surface area contributed by atoms with Gasteiger partial charge in [0.15, 0.2) is 11.3 Å². The summed E-state index contributed by atoms with van der Waals surface area (Å²) in [5.74, 6) is 0.374. The molecule has 0 aliphatic carbocycles. The third-order valence-electron chi connectivity index (χ3n) is 6.59. The minimum absolute atomic E-state index is 0.0975. The van der Waals surface area contributed by atoms with Crippen LogP contribution in [0.15, 0.2) is 72.1 Å². The summed E-state index contributed by atoms with van der Waals surface area (Å²) in [5, 5.41) is 1.15. The van der Waals surface area contributed by atoms with Gasteiger partial charge in [-0.1, -0.05) is 61.5 Å². The molecule has 41 heavy (non-hydrogen) atoms. The maximum absolute atomic E-state index is 12.8. The first-order valence-electron chi connectivity index (χ1n) is 13.0. The van der Waals surface area contributed by atoms with Crippen LogP contribution >= 0.6 is 11.3 Å². The summed E-state index contributed by atoms with van der Waals surface area (Å²) < 4.78 is 35.0. The van der Waals surface area contributed by atoms with Gasteiger partial charge in [-0.2, -0.15) is 8.42 Å². The van der Waals surface area contributed by atoms with Crippen molar-refractivity contribution in [1.29, 1.82) is 0 Å². The molecule has 0 unspecified atom stereocenters. The van der Waals surface area contributed by atoms with Crippen LogP contribution in [0.3, 0.4) is 0 Å². The lowest BCUT2D eigenvalue weighted by molar-refractivity contribution is 0.0594. The molecule has 0 atom stereocenters. The lowest BCUT2D eigenvalue weighted by Crippen LogP contribution is -2.22. The second kappa shape index (κ2) is 11.6. The predicted octanol–water partition coefficient (Wildman–Crippen LogP) is 5.84. The highest BCUT2D eigenvalue weighted by Crippen LogP contribution is 2.34. The average Bonchev–Trinajstić information content (AvgIpc) is 3.57. The Labute approximate surface area is 241 Å². The predicted molar refractivity (Wildman–Crippen MR) is 160 cm³/mol. The number of anilines is 1. The van der Waals surface area contributed by atoms with E-state index in [1.165, 1.54) is 30.6 Å². The molecule has 9 nitrogen and oxygen atoms in total. The summed E-state index contributed by atoms with van der Waals surface area (Å²) in [6.07, 6.45) is 1.65. The topological polar surface area (TPSA) is 120 Å². The summed E-state index contributed by atoms with van der Waals surface area (Å²) in [4.78, 5) is 34.2. The summed E-state index contributed by atoms with van der Waals surface area (Å²) >= 11 is 1.21. The molecule has 0 saturated carbocycles. The molecule has 5 rings (SSSR count). The van der Waals surface area contributed by atoms with Crippen molar-refractivity contribution in [3.05, 3.63) is 100 Å². The maximum atomic E-state index is 12.8. The summed E-state index contributed by atoms with van der Waals surface area (Å²) in [7, 11) is -2.95. The van der Waals surface area contributed by atoms with Gasteiger partial charge in [0.25, 0.3) is 5.12 Å². The number of benzene rings is 2. The van der Waals surface area contributed by atoms with Crippen LogP contribution in [0.4, 0.5) is 5.00 Å². The molecule has 0 amide bonds. The number of methoxy groups -OCH3 is 1. The van der Waals surface area contributed by atoms with E-state index < -0.39 is 21.1 Å². The van der Waals surface area contributed by atoms with Crippen molar-refractivity contribution in [1.82, 2.24) is 14.5 Å². The Morgan fingerprint density at radius 1 is 1.02 bits per heavy atom. The highest BCUT2D eigenvalue weighted by molar-refractivity contribution is 8.07. The molecule has 0 fully saturated rings. The molecule has 0 aliphatic rings. The number of imidazole rings is 1. The van der Waals surface area contributed by atoms with Gasteiger partial charge in [0, 0.05) is 17.5 Å². The van der Waals surface area contributed by atoms with E-state index in [4.69, 9.17) is 9.72 Å². The maximum Gasteiger partial charge on any atom is 0.356 e. The Morgan fingerprint density at radius 3 is 2.44 bits per heavy atom. The molecule has 2 aromatic carbocycles. The second-order valence-corrected chi connectivity index (χ2v) is 12.0. The van der Waals surface area contributed by atoms with Gasteiger partial charge in [-0.15, -0.1) is 11.3 Å². The van der Waals surface area contributed by atoms with Gasteiger partial charge in [0.1, 0.15) is 16.3 Å². The van der Waals surface area contributed by atoms with Crippen molar-refractivity contribution in [3.63, 3.8) is 0 Å². The minimum atomic E-state index is -4.28. The molecular formula is C30H28N4O5S2. The first-order chi connectivity index (χ1) is 19.7. The van der Waals surface area contributed by atoms with Crippen LogP contribution < -0.4 is 4.72 Å². The molecule has 5 aromatic rings. The zero-order valence-corrected chi connectivity index (χ0v) is 24.4. The van der Waals surface area contributed by atoms with Crippen molar-refractivity contribution >= 4 is 48.6 Å². The van der Waals surface area contributed by atoms with E-state index in [1.54, 1.807) is 29.6 Å². The summed E-state index contributed by atoms with van der Waals surface area (Å²) in [6, 6.07) is 19.1. The molecule has 0 aliphatic heterocycles. The molecular weight excluding hydrogens is 560 g/mol. The second-order valence-electron chi connectivity index (χ2n) is 9.47. The number of sulfonamides is 1. The van der Waals surface area contributed by atoms with Gasteiger partial charge < -0.3 is 9.30 Å². The third-order valence-corrected chi connectivity index (χ3v) is 8.75. The van der Waals surface area contributed by atoms with Gasteiger partial charge in [-0.3, -0.25) is 9.52 Å². The molecule has 11 heteroatoms. The Balaban J connectivity index is 1.42. The first kappa shape index (κ1) is 28.2. The van der Waals surface area contributed by atoms with Crippen LogP contribution in [0.1, 0.15) is 51.1 Å². The smallest absolute Gasteiger partial charge is 0.356 e. The number of carbonyl (C=O) groups excluding carboxylic acids is 2. The Bertz CT molecular complexity index is 1840. The van der Waals surface area contributed by atoms with E-state index in [0.717, 1.165) is 40.9 Å². The van der Waals surface area contributed by atoms with E-state index in [-0.39, 0.29) is 11.3 Å². The monoisotopic (exact) mass is 588 g/mol. The van der Waals surface area contributed by atoms with E-state index in [0.29, 0.717) is 22.8 Å². The Hall–Kier alpha value is -4.35. The van der Waals surface area contributed by atoms with E-state index >= 15 is 0 Å². The molecule has 3 heterocycles. The van der Waals surface area contributed by atoms with Crippen molar-refractivity contribution in [2.24, 2.45) is 0 Å². The van der Waals surface area contributed by atoms with E-state index in [9.17, 15) is 18.0 Å². The zero-order valence-electron chi connectivity index (χ0n) is 22.7. The molecule has 210 valence electrons. The number of esters is 1. The number of pyridine rings is 1. The number of thiophene rings is 1. The number of nitrogens with one attached hydrogen (secondary N) is 1. The molecule has 0 spiro atoms. The number of aromatic nitrogens is 3. The van der Waals surface area contributed by atoms with Crippen LogP contribution in [0, 0.1) is 6.92 Å². The number of hydrogen-bond donors (Lipinski definition) is 1. The van der Waals surface area contributed by atoms with Crippen LogP contribution in [-0.2, 0) is 27.7 Å². The number of rotatable bonds is 9. The third kappa shape index (κ3) is 5.77. The van der Waals surface area contributed by atoms with Crippen molar-refractivity contribution in [3.8, 4) is 11.1 Å². The number of aryl methyl sites for hydroxylation is 2. The van der Waals surface area contributed by atoms with Gasteiger partial charge in [0.2, 0.25) is 0 Å². The fourth-order valence-electron chi connectivity index (χ4n) is 4.56. The fourth-order valence-corrected chi connectivity index (χ4v) is 6.63. The SMILES string of the molecule is CCCc1nc2c(C)cc(C(=O)OC)nc2n1Cc1ccc(-c2ccsc2NS(=O)(=O)C(=O)c2ccccc2)cc1. The van der Waals surface area contributed by atoms with Crippen LogP contribution in [0.25, 0.3) is 22.3 Å². The van der Waals surface area contributed by atoms with Gasteiger partial charge >= 0.3 is 16.0 Å². The normalized spacial score (nSPS) is 11.5. The zero-order chi connectivity index (χ0) is 29.1. The Morgan fingerprint density at radius 2 is 1.76 bits per heavy atom. The molecule has 1 N–H and O–H groups in total. The first-order valence-corrected chi connectivity index (χ1v) is 15.3. The van der Waals surface area contributed by atoms with Crippen molar-refractivity contribution < 1.29 is 22.7 Å². The molecule has 0 saturated heterocycles. The van der Waals surface area contributed by atoms with Gasteiger partial charge in [-0.25, -0.2) is 14.8 Å². The summed E-state index contributed by atoms with van der Waals surface area (Å²) in [5.41, 5.74) is 4.99. The number of carbonyl (C=O) groups is 2. The molecule has 3 aromatic heterocycles. The fraction of sp³-hybridized carbons (Fsp3) is 0.200. The van der Waals surface area contributed by atoms with E-state index in [1.807, 2.05) is 41.8 Å². The number of hydrogen-bond acceptors (Lipinski definition) is 8. The lowest BCUT2D eigenvalue weighted by Gasteiger charge is -2.11. The van der Waals surface area contributed by atoms with Crippen molar-refractivity contribution in [2.75, 3.05) is 11.8 Å². The summed E-state index contributed by atoms with van der Waals surface area (Å²) in [6.45, 7) is 4.47. The van der Waals surface area contributed by atoms with E-state index in [2.05, 4.69) is 16.6 Å². The van der Waals surface area contributed by atoms with Crippen molar-refractivity contribution in [2.45, 2.75) is 33.2 Å².